The van der Waals surface area contributed by atoms with Crippen LogP contribution in [-0.2, 0) is 27.6 Å². The highest BCUT2D eigenvalue weighted by atomic mass is 32.2. The van der Waals surface area contributed by atoms with Crippen LogP contribution in [0.25, 0.3) is 10.9 Å². The summed E-state index contributed by atoms with van der Waals surface area (Å²) in [6.45, 7) is 3.96. The molecule has 4 aromatic rings. The van der Waals surface area contributed by atoms with Gasteiger partial charge in [0.1, 0.15) is 6.54 Å². The van der Waals surface area contributed by atoms with Gasteiger partial charge in [-0.2, -0.15) is 0 Å². The fraction of sp³-hybridized carbons (Fsp3) is 0.160. The standard InChI is InChI=1S/C25H24N2O3S/c1-3-19-8-4-6-10-22(19)26-25(28)17-27-16-24(21-9-5-7-11-23(21)27)31(29,30)20-14-12-18(2)13-15-20/h4-16H,3,17H2,1-2H3,(H,26,28). The molecule has 5 nitrogen and oxygen atoms in total. The van der Waals surface area contributed by atoms with E-state index in [-0.39, 0.29) is 22.2 Å². The third-order valence-corrected chi connectivity index (χ3v) is 7.16. The van der Waals surface area contributed by atoms with E-state index in [1.807, 2.05) is 50.2 Å². The number of amides is 1. The molecule has 0 aliphatic heterocycles. The van der Waals surface area contributed by atoms with Gasteiger partial charge in [-0.25, -0.2) is 8.42 Å². The van der Waals surface area contributed by atoms with Crippen LogP contribution >= 0.6 is 0 Å². The van der Waals surface area contributed by atoms with Crippen molar-refractivity contribution >= 4 is 32.3 Å². The molecule has 0 saturated heterocycles. The lowest BCUT2D eigenvalue weighted by molar-refractivity contribution is -0.116. The van der Waals surface area contributed by atoms with Gasteiger partial charge >= 0.3 is 0 Å². The Kier molecular flexibility index (Phi) is 5.65. The lowest BCUT2D eigenvalue weighted by Gasteiger charge is -2.10. The Balaban J connectivity index is 1.70. The number of hydrogen-bond donors (Lipinski definition) is 1. The zero-order valence-electron chi connectivity index (χ0n) is 17.5. The van der Waals surface area contributed by atoms with Crippen molar-refractivity contribution in [3.05, 3.63) is 90.1 Å². The Morgan fingerprint density at radius 1 is 0.935 bits per heavy atom. The van der Waals surface area contributed by atoms with Crippen molar-refractivity contribution in [3.63, 3.8) is 0 Å². The van der Waals surface area contributed by atoms with E-state index in [0.717, 1.165) is 23.2 Å². The number of carbonyl (C=O) groups excluding carboxylic acids is 1. The number of benzene rings is 3. The van der Waals surface area contributed by atoms with Gasteiger partial charge in [0.05, 0.1) is 9.79 Å². The molecule has 1 N–H and O–H groups in total. The van der Waals surface area contributed by atoms with Gasteiger partial charge in [-0.15, -0.1) is 0 Å². The van der Waals surface area contributed by atoms with Crippen molar-refractivity contribution in [2.45, 2.75) is 36.6 Å². The summed E-state index contributed by atoms with van der Waals surface area (Å²) in [6.07, 6.45) is 2.37. The summed E-state index contributed by atoms with van der Waals surface area (Å²) in [7, 11) is -3.72. The van der Waals surface area contributed by atoms with Crippen LogP contribution in [0, 0.1) is 6.92 Å². The number of sulfone groups is 1. The largest absolute Gasteiger partial charge is 0.337 e. The molecular weight excluding hydrogens is 408 g/mol. The molecule has 3 aromatic carbocycles. The molecule has 0 saturated carbocycles. The first-order valence-corrected chi connectivity index (χ1v) is 11.7. The summed E-state index contributed by atoms with van der Waals surface area (Å²) in [6, 6.07) is 21.7. The molecule has 0 radical (unpaired) electrons. The van der Waals surface area contributed by atoms with Crippen LogP contribution in [0.1, 0.15) is 18.1 Å². The number of anilines is 1. The Morgan fingerprint density at radius 3 is 2.35 bits per heavy atom. The highest BCUT2D eigenvalue weighted by Gasteiger charge is 2.24. The second-order valence-electron chi connectivity index (χ2n) is 7.51. The lowest BCUT2D eigenvalue weighted by Crippen LogP contribution is -2.19. The zero-order chi connectivity index (χ0) is 22.0. The molecule has 6 heteroatoms. The number of hydrogen-bond acceptors (Lipinski definition) is 3. The molecule has 0 aliphatic rings. The van der Waals surface area contributed by atoms with Gasteiger partial charge in [-0.05, 0) is 43.2 Å². The van der Waals surface area contributed by atoms with Gasteiger partial charge in [0.15, 0.2) is 0 Å². The second kappa shape index (κ2) is 8.40. The average Bonchev–Trinajstić information content (AvgIpc) is 3.13. The van der Waals surface area contributed by atoms with E-state index < -0.39 is 9.84 Å². The zero-order valence-corrected chi connectivity index (χ0v) is 18.3. The van der Waals surface area contributed by atoms with Gasteiger partial charge in [0.2, 0.25) is 15.7 Å². The maximum absolute atomic E-state index is 13.3. The fourth-order valence-electron chi connectivity index (χ4n) is 3.70. The Hall–Kier alpha value is -3.38. The number of nitrogens with one attached hydrogen (secondary N) is 1. The van der Waals surface area contributed by atoms with Gasteiger partial charge in [-0.3, -0.25) is 4.79 Å². The van der Waals surface area contributed by atoms with Gasteiger partial charge in [0, 0.05) is 22.8 Å². The number of para-hydroxylation sites is 2. The van der Waals surface area contributed by atoms with E-state index in [2.05, 4.69) is 5.32 Å². The average molecular weight is 433 g/mol. The second-order valence-corrected chi connectivity index (χ2v) is 9.43. The molecular formula is C25H24N2O3S. The third kappa shape index (κ3) is 4.11. The summed E-state index contributed by atoms with van der Waals surface area (Å²) >= 11 is 0. The van der Waals surface area contributed by atoms with E-state index in [4.69, 9.17) is 0 Å². The molecule has 0 fully saturated rings. The minimum atomic E-state index is -3.72. The SMILES string of the molecule is CCc1ccccc1NC(=O)Cn1cc(S(=O)(=O)c2ccc(C)cc2)c2ccccc21. The third-order valence-electron chi connectivity index (χ3n) is 5.36. The maximum Gasteiger partial charge on any atom is 0.244 e. The summed E-state index contributed by atoms with van der Waals surface area (Å²) in [4.78, 5) is 13.2. The molecule has 1 heterocycles. The molecule has 31 heavy (non-hydrogen) atoms. The minimum absolute atomic E-state index is 0.0159. The highest BCUT2D eigenvalue weighted by molar-refractivity contribution is 7.91. The van der Waals surface area contributed by atoms with Crippen LogP contribution in [-0.4, -0.2) is 18.9 Å². The molecule has 0 atom stereocenters. The van der Waals surface area contributed by atoms with Crippen LogP contribution in [0.4, 0.5) is 5.69 Å². The predicted octanol–water partition coefficient (Wildman–Crippen LogP) is 4.98. The van der Waals surface area contributed by atoms with Crippen LogP contribution < -0.4 is 5.32 Å². The quantitative estimate of drug-likeness (QED) is 0.467. The van der Waals surface area contributed by atoms with E-state index in [1.165, 1.54) is 0 Å². The molecule has 0 bridgehead atoms. The molecule has 158 valence electrons. The van der Waals surface area contributed by atoms with Crippen molar-refractivity contribution in [1.82, 2.24) is 4.57 Å². The van der Waals surface area contributed by atoms with E-state index in [1.54, 1.807) is 47.2 Å². The Bertz CT molecular complexity index is 1350. The van der Waals surface area contributed by atoms with Crippen molar-refractivity contribution in [3.8, 4) is 0 Å². The molecule has 0 unspecified atom stereocenters. The number of carbonyl (C=O) groups is 1. The summed E-state index contributed by atoms with van der Waals surface area (Å²) in [5, 5.41) is 3.55. The smallest absolute Gasteiger partial charge is 0.244 e. The van der Waals surface area contributed by atoms with Crippen LogP contribution in [0.5, 0.6) is 0 Å². The molecule has 0 aliphatic carbocycles. The van der Waals surface area contributed by atoms with E-state index in [0.29, 0.717) is 10.9 Å². The van der Waals surface area contributed by atoms with Crippen molar-refractivity contribution in [2.75, 3.05) is 5.32 Å². The van der Waals surface area contributed by atoms with Crippen LogP contribution in [0.3, 0.4) is 0 Å². The normalized spacial score (nSPS) is 11.5. The number of aromatic nitrogens is 1. The molecule has 0 spiro atoms. The Morgan fingerprint density at radius 2 is 1.61 bits per heavy atom. The Labute approximate surface area is 182 Å². The number of aryl methyl sites for hydroxylation is 2. The maximum atomic E-state index is 13.3. The van der Waals surface area contributed by atoms with Gasteiger partial charge in [-0.1, -0.05) is 61.0 Å². The monoisotopic (exact) mass is 432 g/mol. The van der Waals surface area contributed by atoms with E-state index >= 15 is 0 Å². The fourth-order valence-corrected chi connectivity index (χ4v) is 5.17. The van der Waals surface area contributed by atoms with Gasteiger partial charge < -0.3 is 9.88 Å². The van der Waals surface area contributed by atoms with Crippen molar-refractivity contribution in [2.24, 2.45) is 0 Å². The number of nitrogens with zero attached hydrogens (tertiary/aromatic N) is 1. The first kappa shape index (κ1) is 20.9. The van der Waals surface area contributed by atoms with Crippen molar-refractivity contribution in [1.29, 1.82) is 0 Å². The first-order valence-electron chi connectivity index (χ1n) is 10.2. The van der Waals surface area contributed by atoms with Crippen LogP contribution in [0.15, 0.2) is 88.8 Å². The predicted molar refractivity (Wildman–Crippen MR) is 123 cm³/mol. The van der Waals surface area contributed by atoms with Gasteiger partial charge in [0.25, 0.3) is 0 Å². The molecule has 1 aromatic heterocycles. The molecule has 1 amide bonds. The van der Waals surface area contributed by atoms with Crippen molar-refractivity contribution < 1.29 is 13.2 Å². The highest BCUT2D eigenvalue weighted by Crippen LogP contribution is 2.30. The summed E-state index contributed by atoms with van der Waals surface area (Å²) < 4.78 is 28.3. The van der Waals surface area contributed by atoms with Crippen LogP contribution in [0.2, 0.25) is 0 Å². The minimum Gasteiger partial charge on any atom is -0.337 e. The first-order chi connectivity index (χ1) is 14.9. The summed E-state index contributed by atoms with van der Waals surface area (Å²) in [5.74, 6) is -0.207. The van der Waals surface area contributed by atoms with E-state index in [9.17, 15) is 13.2 Å². The number of rotatable bonds is 6. The molecule has 4 rings (SSSR count). The topological polar surface area (TPSA) is 68.2 Å². The number of fused-ring (bicyclic) bond motifs is 1. The lowest BCUT2D eigenvalue weighted by atomic mass is 10.1. The summed E-state index contributed by atoms with van der Waals surface area (Å²) in [5.41, 5.74) is 3.52.